The fourth-order valence-electron chi connectivity index (χ4n) is 3.16. The Kier molecular flexibility index (Phi) is 3.53. The number of halogens is 1. The standard InChI is InChI=1S/C16H20FN3O/c1-10-4-3-7-16(18,9-10)15-19-14(20-21-15)13-8-12(17)6-5-11(13)2/h5-6,8,10H,3-4,7,9,18H2,1-2H3. The Hall–Kier alpha value is -1.75. The maximum atomic E-state index is 13.4. The lowest BCUT2D eigenvalue weighted by atomic mass is 9.77. The summed E-state index contributed by atoms with van der Waals surface area (Å²) in [6, 6.07) is 4.56. The molecule has 0 amide bonds. The molecule has 2 unspecified atom stereocenters. The number of hydrogen-bond acceptors (Lipinski definition) is 4. The van der Waals surface area contributed by atoms with Crippen LogP contribution < -0.4 is 5.73 Å². The molecule has 1 aliphatic carbocycles. The molecule has 1 aromatic carbocycles. The zero-order valence-electron chi connectivity index (χ0n) is 12.4. The predicted molar refractivity (Wildman–Crippen MR) is 77.9 cm³/mol. The van der Waals surface area contributed by atoms with E-state index in [2.05, 4.69) is 17.1 Å². The van der Waals surface area contributed by atoms with Gasteiger partial charge in [0, 0.05) is 5.56 Å². The third-order valence-corrected chi connectivity index (χ3v) is 4.33. The van der Waals surface area contributed by atoms with Crippen molar-refractivity contribution in [2.75, 3.05) is 0 Å². The molecule has 1 heterocycles. The van der Waals surface area contributed by atoms with Crippen LogP contribution in [0.25, 0.3) is 11.4 Å². The molecule has 1 fully saturated rings. The van der Waals surface area contributed by atoms with Crippen LogP contribution >= 0.6 is 0 Å². The number of aryl methyl sites for hydroxylation is 1. The van der Waals surface area contributed by atoms with Crippen molar-refractivity contribution >= 4 is 0 Å². The highest BCUT2D eigenvalue weighted by molar-refractivity contribution is 5.59. The van der Waals surface area contributed by atoms with Crippen molar-refractivity contribution in [3.63, 3.8) is 0 Å². The summed E-state index contributed by atoms with van der Waals surface area (Å²) in [7, 11) is 0. The van der Waals surface area contributed by atoms with Crippen LogP contribution in [-0.4, -0.2) is 10.1 Å². The molecule has 1 aromatic heterocycles. The van der Waals surface area contributed by atoms with E-state index < -0.39 is 5.54 Å². The summed E-state index contributed by atoms with van der Waals surface area (Å²) in [5, 5.41) is 4.00. The molecule has 112 valence electrons. The van der Waals surface area contributed by atoms with Gasteiger partial charge in [0.05, 0.1) is 5.54 Å². The first-order valence-electron chi connectivity index (χ1n) is 7.37. The minimum absolute atomic E-state index is 0.310. The minimum Gasteiger partial charge on any atom is -0.337 e. The highest BCUT2D eigenvalue weighted by Crippen LogP contribution is 2.37. The van der Waals surface area contributed by atoms with E-state index in [0.717, 1.165) is 24.8 Å². The molecular formula is C16H20FN3O. The van der Waals surface area contributed by atoms with Crippen LogP contribution in [0.1, 0.15) is 44.1 Å². The van der Waals surface area contributed by atoms with Gasteiger partial charge in [-0.25, -0.2) is 4.39 Å². The van der Waals surface area contributed by atoms with Crippen LogP contribution in [0.15, 0.2) is 22.7 Å². The zero-order valence-corrected chi connectivity index (χ0v) is 12.4. The molecular weight excluding hydrogens is 269 g/mol. The van der Waals surface area contributed by atoms with Crippen LogP contribution in [-0.2, 0) is 5.54 Å². The van der Waals surface area contributed by atoms with Crippen molar-refractivity contribution in [2.45, 2.75) is 45.1 Å². The zero-order chi connectivity index (χ0) is 15.0. The monoisotopic (exact) mass is 289 g/mol. The van der Waals surface area contributed by atoms with Gasteiger partial charge in [-0.05, 0) is 43.4 Å². The lowest BCUT2D eigenvalue weighted by Gasteiger charge is -2.33. The normalized spacial score (nSPS) is 26.0. The van der Waals surface area contributed by atoms with Crippen LogP contribution in [0.3, 0.4) is 0 Å². The smallest absolute Gasteiger partial charge is 0.247 e. The fraction of sp³-hybridized carbons (Fsp3) is 0.500. The van der Waals surface area contributed by atoms with Gasteiger partial charge >= 0.3 is 0 Å². The first kappa shape index (κ1) is 14.2. The molecule has 4 nitrogen and oxygen atoms in total. The molecule has 2 atom stereocenters. The highest BCUT2D eigenvalue weighted by atomic mass is 19.1. The number of aromatic nitrogens is 2. The van der Waals surface area contributed by atoms with Crippen LogP contribution in [0, 0.1) is 18.7 Å². The second-order valence-corrected chi connectivity index (χ2v) is 6.24. The maximum Gasteiger partial charge on any atom is 0.247 e. The largest absolute Gasteiger partial charge is 0.337 e. The molecule has 0 saturated heterocycles. The second-order valence-electron chi connectivity index (χ2n) is 6.24. The Balaban J connectivity index is 1.94. The summed E-state index contributed by atoms with van der Waals surface area (Å²) in [5.74, 6) is 1.11. The molecule has 3 rings (SSSR count). The molecule has 2 N–H and O–H groups in total. The number of hydrogen-bond donors (Lipinski definition) is 1. The van der Waals surface area contributed by atoms with Gasteiger partial charge in [-0.1, -0.05) is 31.0 Å². The van der Waals surface area contributed by atoms with Crippen molar-refractivity contribution in [2.24, 2.45) is 11.7 Å². The molecule has 5 heteroatoms. The summed E-state index contributed by atoms with van der Waals surface area (Å²) < 4.78 is 18.8. The first-order chi connectivity index (χ1) is 9.98. The van der Waals surface area contributed by atoms with Gasteiger partial charge in [0.2, 0.25) is 11.7 Å². The molecule has 0 bridgehead atoms. The summed E-state index contributed by atoms with van der Waals surface area (Å²) in [4.78, 5) is 4.44. The second kappa shape index (κ2) is 5.22. The molecule has 21 heavy (non-hydrogen) atoms. The van der Waals surface area contributed by atoms with Crippen molar-refractivity contribution in [1.82, 2.24) is 10.1 Å². The fourth-order valence-corrected chi connectivity index (χ4v) is 3.16. The maximum absolute atomic E-state index is 13.4. The summed E-state index contributed by atoms with van der Waals surface area (Å²) in [5.41, 5.74) is 7.47. The average molecular weight is 289 g/mol. The Morgan fingerprint density at radius 3 is 3.00 bits per heavy atom. The first-order valence-corrected chi connectivity index (χ1v) is 7.37. The van der Waals surface area contributed by atoms with Gasteiger partial charge < -0.3 is 10.3 Å². The van der Waals surface area contributed by atoms with E-state index in [1.54, 1.807) is 6.07 Å². The highest BCUT2D eigenvalue weighted by Gasteiger charge is 2.38. The summed E-state index contributed by atoms with van der Waals surface area (Å²) in [6.07, 6.45) is 3.94. The van der Waals surface area contributed by atoms with E-state index in [9.17, 15) is 4.39 Å². The third kappa shape index (κ3) is 2.70. The SMILES string of the molecule is Cc1ccc(F)cc1-c1noc(C2(N)CCCC(C)C2)n1. The number of nitrogens with zero attached hydrogens (tertiary/aromatic N) is 2. The Bertz CT molecular complexity index is 655. The molecule has 2 aromatic rings. The molecule has 1 aliphatic rings. The Morgan fingerprint density at radius 2 is 2.24 bits per heavy atom. The van der Waals surface area contributed by atoms with Gasteiger partial charge in [0.1, 0.15) is 5.82 Å². The molecule has 0 spiro atoms. The lowest BCUT2D eigenvalue weighted by Crippen LogP contribution is -2.41. The lowest BCUT2D eigenvalue weighted by molar-refractivity contribution is 0.183. The van der Waals surface area contributed by atoms with Crippen molar-refractivity contribution in [3.05, 3.63) is 35.5 Å². The topological polar surface area (TPSA) is 64.9 Å². The van der Waals surface area contributed by atoms with Gasteiger partial charge in [0.15, 0.2) is 0 Å². The van der Waals surface area contributed by atoms with E-state index in [-0.39, 0.29) is 5.82 Å². The summed E-state index contributed by atoms with van der Waals surface area (Å²) in [6.45, 7) is 4.08. The van der Waals surface area contributed by atoms with Crippen molar-refractivity contribution < 1.29 is 8.91 Å². The van der Waals surface area contributed by atoms with Crippen LogP contribution in [0.2, 0.25) is 0 Å². The van der Waals surface area contributed by atoms with Gasteiger partial charge in [0.25, 0.3) is 0 Å². The molecule has 0 radical (unpaired) electrons. The van der Waals surface area contributed by atoms with Crippen molar-refractivity contribution in [3.8, 4) is 11.4 Å². The summed E-state index contributed by atoms with van der Waals surface area (Å²) >= 11 is 0. The Morgan fingerprint density at radius 1 is 1.43 bits per heavy atom. The minimum atomic E-state index is -0.551. The van der Waals surface area contributed by atoms with E-state index in [0.29, 0.717) is 23.2 Å². The number of nitrogens with two attached hydrogens (primary N) is 1. The average Bonchev–Trinajstić information content (AvgIpc) is 2.91. The van der Waals surface area contributed by atoms with Crippen LogP contribution in [0.5, 0.6) is 0 Å². The van der Waals surface area contributed by atoms with E-state index >= 15 is 0 Å². The van der Waals surface area contributed by atoms with Crippen LogP contribution in [0.4, 0.5) is 4.39 Å². The third-order valence-electron chi connectivity index (χ3n) is 4.33. The number of benzene rings is 1. The van der Waals surface area contributed by atoms with Crippen molar-refractivity contribution in [1.29, 1.82) is 0 Å². The van der Waals surface area contributed by atoms with E-state index in [1.165, 1.54) is 18.6 Å². The van der Waals surface area contributed by atoms with Gasteiger partial charge in [-0.15, -0.1) is 0 Å². The molecule has 1 saturated carbocycles. The van der Waals surface area contributed by atoms with Gasteiger partial charge in [-0.3, -0.25) is 0 Å². The molecule has 0 aliphatic heterocycles. The quantitative estimate of drug-likeness (QED) is 0.918. The Labute approximate surface area is 123 Å². The number of rotatable bonds is 2. The van der Waals surface area contributed by atoms with E-state index in [1.807, 2.05) is 6.92 Å². The van der Waals surface area contributed by atoms with E-state index in [4.69, 9.17) is 10.3 Å². The predicted octanol–water partition coefficient (Wildman–Crippen LogP) is 3.55. The van der Waals surface area contributed by atoms with Gasteiger partial charge in [-0.2, -0.15) is 4.98 Å².